The first-order valence-electron chi connectivity index (χ1n) is 9.77. The van der Waals surface area contributed by atoms with Gasteiger partial charge in [-0.25, -0.2) is 4.98 Å². The monoisotopic (exact) mass is 455 g/mol. The molecule has 0 aliphatic heterocycles. The average molecular weight is 456 g/mol. The first-order chi connectivity index (χ1) is 15.0. The van der Waals surface area contributed by atoms with Gasteiger partial charge < -0.3 is 10.1 Å². The molecule has 1 unspecified atom stereocenters. The summed E-state index contributed by atoms with van der Waals surface area (Å²) in [6.45, 7) is 5.94. The molecule has 31 heavy (non-hydrogen) atoms. The van der Waals surface area contributed by atoms with Gasteiger partial charge in [0.25, 0.3) is 0 Å². The number of amides is 1. The lowest BCUT2D eigenvalue weighted by Gasteiger charge is -2.11. The van der Waals surface area contributed by atoms with Gasteiger partial charge in [0, 0.05) is 10.8 Å². The number of esters is 1. The lowest BCUT2D eigenvalue weighted by molar-refractivity contribution is -0.142. The van der Waals surface area contributed by atoms with Gasteiger partial charge in [0.05, 0.1) is 29.5 Å². The standard InChI is InChI=1S/C21H21N5O3S2/c1-4-29-18(27)10-14-11-30-20(22-14)23-19(28)13(3)31-21-25-24-17-9-12(2)15-7-5-6-8-16(15)26(17)21/h5-9,11,13H,4,10H2,1-3H3,(H,22,23,28). The molecule has 10 heteroatoms. The van der Waals surface area contributed by atoms with E-state index in [0.717, 1.165) is 22.1 Å². The summed E-state index contributed by atoms with van der Waals surface area (Å²) in [6, 6.07) is 10.0. The number of nitrogens with zero attached hydrogens (tertiary/aromatic N) is 4. The number of carbonyl (C=O) groups is 2. The van der Waals surface area contributed by atoms with E-state index in [1.165, 1.54) is 23.1 Å². The minimum absolute atomic E-state index is 0.0861. The maximum absolute atomic E-state index is 12.7. The van der Waals surface area contributed by atoms with Gasteiger partial charge in [0.1, 0.15) is 0 Å². The Morgan fingerprint density at radius 3 is 2.90 bits per heavy atom. The van der Waals surface area contributed by atoms with Crippen LogP contribution in [0.2, 0.25) is 0 Å². The largest absolute Gasteiger partial charge is 0.466 e. The molecule has 1 atom stereocenters. The Hall–Kier alpha value is -2.98. The van der Waals surface area contributed by atoms with Gasteiger partial charge in [0.15, 0.2) is 15.9 Å². The SMILES string of the molecule is CCOC(=O)Cc1csc(NC(=O)C(C)Sc2nnc3cc(C)c4ccccc4n23)n1. The van der Waals surface area contributed by atoms with E-state index in [1.54, 1.807) is 12.3 Å². The molecule has 1 N–H and O–H groups in total. The molecule has 0 fully saturated rings. The summed E-state index contributed by atoms with van der Waals surface area (Å²) in [7, 11) is 0. The number of thioether (sulfide) groups is 1. The van der Waals surface area contributed by atoms with Gasteiger partial charge in [-0.2, -0.15) is 0 Å². The highest BCUT2D eigenvalue weighted by Crippen LogP contribution is 2.28. The third-order valence-corrected chi connectivity index (χ3v) is 6.49. The van der Waals surface area contributed by atoms with E-state index < -0.39 is 5.25 Å². The van der Waals surface area contributed by atoms with Crippen LogP contribution in [-0.4, -0.2) is 43.3 Å². The number of para-hydroxylation sites is 1. The van der Waals surface area contributed by atoms with E-state index in [9.17, 15) is 9.59 Å². The van der Waals surface area contributed by atoms with Gasteiger partial charge in [-0.1, -0.05) is 30.0 Å². The molecule has 1 aromatic carbocycles. The van der Waals surface area contributed by atoms with Crippen LogP contribution in [0, 0.1) is 6.92 Å². The molecule has 0 radical (unpaired) electrons. The molecule has 1 amide bonds. The normalized spacial score (nSPS) is 12.2. The van der Waals surface area contributed by atoms with Crippen molar-refractivity contribution in [1.29, 1.82) is 0 Å². The summed E-state index contributed by atoms with van der Waals surface area (Å²) in [4.78, 5) is 28.6. The van der Waals surface area contributed by atoms with Crippen LogP contribution in [0.1, 0.15) is 25.1 Å². The molecule has 0 saturated carbocycles. The minimum Gasteiger partial charge on any atom is -0.466 e. The zero-order valence-corrected chi connectivity index (χ0v) is 18.9. The fourth-order valence-corrected chi connectivity index (χ4v) is 4.76. The highest BCUT2D eigenvalue weighted by Gasteiger charge is 2.20. The number of nitrogens with one attached hydrogen (secondary N) is 1. The zero-order valence-electron chi connectivity index (χ0n) is 17.3. The van der Waals surface area contributed by atoms with Gasteiger partial charge in [0.2, 0.25) is 5.91 Å². The molecule has 4 rings (SSSR count). The van der Waals surface area contributed by atoms with Crippen LogP contribution in [0.3, 0.4) is 0 Å². The van der Waals surface area contributed by atoms with Crippen molar-refractivity contribution in [3.05, 3.63) is 47.0 Å². The molecule has 160 valence electrons. The molecule has 0 aliphatic rings. The van der Waals surface area contributed by atoms with Crippen molar-refractivity contribution in [1.82, 2.24) is 19.6 Å². The number of pyridine rings is 1. The fraction of sp³-hybridized carbons (Fsp3) is 0.286. The van der Waals surface area contributed by atoms with E-state index in [4.69, 9.17) is 4.74 Å². The number of aryl methyl sites for hydroxylation is 1. The van der Waals surface area contributed by atoms with E-state index in [1.807, 2.05) is 42.5 Å². The van der Waals surface area contributed by atoms with E-state index in [0.29, 0.717) is 22.6 Å². The molecule has 3 aromatic heterocycles. The number of thiazole rings is 1. The van der Waals surface area contributed by atoms with Gasteiger partial charge in [-0.15, -0.1) is 21.5 Å². The number of benzene rings is 1. The molecule has 3 heterocycles. The number of rotatable bonds is 7. The molecule has 0 spiro atoms. The molecule has 8 nitrogen and oxygen atoms in total. The third-order valence-electron chi connectivity index (χ3n) is 4.64. The number of fused-ring (bicyclic) bond motifs is 3. The number of hydrogen-bond donors (Lipinski definition) is 1. The Balaban J connectivity index is 1.49. The van der Waals surface area contributed by atoms with Crippen molar-refractivity contribution in [2.75, 3.05) is 11.9 Å². The Kier molecular flexibility index (Phi) is 6.19. The Morgan fingerprint density at radius 1 is 1.29 bits per heavy atom. The Bertz CT molecular complexity index is 1270. The predicted octanol–water partition coefficient (Wildman–Crippen LogP) is 3.87. The topological polar surface area (TPSA) is 98.5 Å². The van der Waals surface area contributed by atoms with Crippen LogP contribution in [-0.2, 0) is 20.7 Å². The summed E-state index contributed by atoms with van der Waals surface area (Å²) in [5, 5.41) is 14.9. The first kappa shape index (κ1) is 21.3. The van der Waals surface area contributed by atoms with Crippen molar-refractivity contribution in [2.24, 2.45) is 0 Å². The van der Waals surface area contributed by atoms with Crippen molar-refractivity contribution in [3.8, 4) is 0 Å². The maximum Gasteiger partial charge on any atom is 0.311 e. The van der Waals surface area contributed by atoms with Gasteiger partial charge >= 0.3 is 5.97 Å². The fourth-order valence-electron chi connectivity index (χ4n) is 3.18. The number of aromatic nitrogens is 4. The van der Waals surface area contributed by atoms with Crippen LogP contribution >= 0.6 is 23.1 Å². The number of ether oxygens (including phenoxy) is 1. The van der Waals surface area contributed by atoms with Crippen LogP contribution in [0.25, 0.3) is 16.6 Å². The second-order valence-electron chi connectivity index (χ2n) is 6.90. The Labute approximate surface area is 187 Å². The molecular formula is C21H21N5O3S2. The third kappa shape index (κ3) is 4.54. The molecular weight excluding hydrogens is 434 g/mol. The van der Waals surface area contributed by atoms with E-state index in [-0.39, 0.29) is 18.3 Å². The Morgan fingerprint density at radius 2 is 2.10 bits per heavy atom. The summed E-state index contributed by atoms with van der Waals surface area (Å²) in [5.41, 5.74) is 3.44. The smallest absolute Gasteiger partial charge is 0.311 e. The lowest BCUT2D eigenvalue weighted by Crippen LogP contribution is -2.22. The highest BCUT2D eigenvalue weighted by molar-refractivity contribution is 8.00. The lowest BCUT2D eigenvalue weighted by atomic mass is 10.1. The number of anilines is 1. The number of hydrogen-bond acceptors (Lipinski definition) is 8. The van der Waals surface area contributed by atoms with E-state index in [2.05, 4.69) is 26.6 Å². The zero-order chi connectivity index (χ0) is 22.0. The van der Waals surface area contributed by atoms with Crippen LogP contribution in [0.4, 0.5) is 5.13 Å². The molecule has 4 aromatic rings. The first-order valence-corrected chi connectivity index (χ1v) is 11.5. The average Bonchev–Trinajstić information content (AvgIpc) is 3.35. The maximum atomic E-state index is 12.7. The second-order valence-corrected chi connectivity index (χ2v) is 9.06. The van der Waals surface area contributed by atoms with Gasteiger partial charge in [-0.3, -0.25) is 14.0 Å². The summed E-state index contributed by atoms with van der Waals surface area (Å²) in [6.07, 6.45) is 0.0861. The highest BCUT2D eigenvalue weighted by atomic mass is 32.2. The van der Waals surface area contributed by atoms with Crippen molar-refractivity contribution in [2.45, 2.75) is 37.6 Å². The summed E-state index contributed by atoms with van der Waals surface area (Å²) >= 11 is 2.61. The second kappa shape index (κ2) is 9.03. The van der Waals surface area contributed by atoms with E-state index >= 15 is 0 Å². The summed E-state index contributed by atoms with van der Waals surface area (Å²) < 4.78 is 6.90. The predicted molar refractivity (Wildman–Crippen MR) is 122 cm³/mol. The quantitative estimate of drug-likeness (QED) is 0.334. The van der Waals surface area contributed by atoms with Crippen molar-refractivity contribution < 1.29 is 14.3 Å². The summed E-state index contributed by atoms with van der Waals surface area (Å²) in [5.74, 6) is -0.536. The van der Waals surface area contributed by atoms with Crippen LogP contribution < -0.4 is 5.32 Å². The van der Waals surface area contributed by atoms with Crippen molar-refractivity contribution >= 4 is 56.7 Å². The van der Waals surface area contributed by atoms with Crippen LogP contribution in [0.5, 0.6) is 0 Å². The van der Waals surface area contributed by atoms with Gasteiger partial charge in [-0.05, 0) is 38.5 Å². The number of carbonyl (C=O) groups excluding carboxylic acids is 2. The molecule has 0 bridgehead atoms. The minimum atomic E-state index is -0.426. The molecule has 0 saturated heterocycles. The molecule has 0 aliphatic carbocycles. The van der Waals surface area contributed by atoms with Crippen molar-refractivity contribution in [3.63, 3.8) is 0 Å². The van der Waals surface area contributed by atoms with Crippen LogP contribution in [0.15, 0.2) is 40.9 Å².